The summed E-state index contributed by atoms with van der Waals surface area (Å²) in [7, 11) is 0. The Kier molecular flexibility index (Phi) is 5.99. The van der Waals surface area contributed by atoms with Gasteiger partial charge in [0.25, 0.3) is 0 Å². The predicted molar refractivity (Wildman–Crippen MR) is 86.3 cm³/mol. The molecule has 25 heavy (non-hydrogen) atoms. The Labute approximate surface area is 141 Å². The quantitative estimate of drug-likeness (QED) is 0.835. The number of benzene rings is 2. The van der Waals surface area contributed by atoms with Gasteiger partial charge in [0.2, 0.25) is 5.91 Å². The molecule has 2 N–H and O–H groups in total. The van der Waals surface area contributed by atoms with E-state index in [4.69, 9.17) is 4.74 Å². The van der Waals surface area contributed by atoms with Crippen molar-refractivity contribution in [1.82, 2.24) is 0 Å². The first-order chi connectivity index (χ1) is 11.8. The smallest absolute Gasteiger partial charge is 0.471 e. The van der Waals surface area contributed by atoms with Crippen LogP contribution in [0, 0.1) is 0 Å². The van der Waals surface area contributed by atoms with Crippen LogP contribution in [0.5, 0.6) is 5.75 Å². The van der Waals surface area contributed by atoms with E-state index in [0.717, 1.165) is 0 Å². The fourth-order valence-electron chi connectivity index (χ4n) is 1.84. The second-order valence-electron chi connectivity index (χ2n) is 4.99. The molecule has 2 aromatic carbocycles. The van der Waals surface area contributed by atoms with Crippen LogP contribution in [0.25, 0.3) is 0 Å². The molecule has 0 atom stereocenters. The van der Waals surface area contributed by atoms with E-state index in [1.807, 2.05) is 18.2 Å². The van der Waals surface area contributed by atoms with E-state index in [0.29, 0.717) is 11.4 Å². The fourth-order valence-corrected chi connectivity index (χ4v) is 1.84. The van der Waals surface area contributed by atoms with Crippen molar-refractivity contribution < 1.29 is 27.5 Å². The molecule has 132 valence electrons. The van der Waals surface area contributed by atoms with Crippen LogP contribution >= 0.6 is 0 Å². The Balaban J connectivity index is 1.78. The summed E-state index contributed by atoms with van der Waals surface area (Å²) >= 11 is 0. The third-order valence-corrected chi connectivity index (χ3v) is 3.03. The molecule has 0 saturated carbocycles. The number of nitrogens with one attached hydrogen (secondary N) is 2. The average Bonchev–Trinajstić information content (AvgIpc) is 2.57. The highest BCUT2D eigenvalue weighted by Crippen LogP contribution is 2.19. The molecule has 0 unspecified atom stereocenters. The molecule has 0 fully saturated rings. The molecule has 2 amide bonds. The summed E-state index contributed by atoms with van der Waals surface area (Å²) in [6.07, 6.45) is -4.84. The molecule has 2 aromatic rings. The zero-order chi connectivity index (χ0) is 18.3. The van der Waals surface area contributed by atoms with Crippen LogP contribution in [0.15, 0.2) is 54.6 Å². The van der Waals surface area contributed by atoms with Gasteiger partial charge in [0.15, 0.2) is 0 Å². The number of carbonyl (C=O) groups is 2. The van der Waals surface area contributed by atoms with Gasteiger partial charge in [0.05, 0.1) is 13.0 Å². The summed E-state index contributed by atoms with van der Waals surface area (Å²) in [6.45, 7) is 0.190. The van der Waals surface area contributed by atoms with E-state index in [2.05, 4.69) is 5.32 Å². The topological polar surface area (TPSA) is 67.4 Å². The number of alkyl halides is 3. The summed E-state index contributed by atoms with van der Waals surface area (Å²) in [5.74, 6) is -1.70. The van der Waals surface area contributed by atoms with Crippen LogP contribution in [0.2, 0.25) is 0 Å². The highest BCUT2D eigenvalue weighted by Gasteiger charge is 2.38. The Morgan fingerprint density at radius 3 is 2.00 bits per heavy atom. The Hall–Kier alpha value is -3.03. The van der Waals surface area contributed by atoms with Crippen molar-refractivity contribution >= 4 is 23.2 Å². The summed E-state index contributed by atoms with van der Waals surface area (Å²) in [5.41, 5.74) is 0.377. The van der Waals surface area contributed by atoms with Gasteiger partial charge in [-0.3, -0.25) is 9.59 Å². The van der Waals surface area contributed by atoms with Crippen molar-refractivity contribution in [2.24, 2.45) is 0 Å². The van der Waals surface area contributed by atoms with E-state index in [-0.39, 0.29) is 24.6 Å². The standard InChI is InChI=1S/C17H15F3N2O3/c18-17(19,20)16(24)22-13-8-6-12(7-9-13)21-15(23)10-11-25-14-4-2-1-3-5-14/h1-9H,10-11H2,(H,21,23)(H,22,24). The maximum absolute atomic E-state index is 12.1. The molecule has 0 bridgehead atoms. The maximum atomic E-state index is 12.1. The number of hydrogen-bond acceptors (Lipinski definition) is 3. The predicted octanol–water partition coefficient (Wildman–Crippen LogP) is 3.60. The average molecular weight is 352 g/mol. The molecular formula is C17H15F3N2O3. The first kappa shape index (κ1) is 18.3. The number of ether oxygens (including phenoxy) is 1. The van der Waals surface area contributed by atoms with Gasteiger partial charge in [-0.05, 0) is 36.4 Å². The van der Waals surface area contributed by atoms with Gasteiger partial charge in [-0.25, -0.2) is 0 Å². The van der Waals surface area contributed by atoms with Gasteiger partial charge in [-0.15, -0.1) is 0 Å². The van der Waals surface area contributed by atoms with E-state index >= 15 is 0 Å². The molecule has 0 heterocycles. The van der Waals surface area contributed by atoms with Gasteiger partial charge in [-0.2, -0.15) is 13.2 Å². The number of amides is 2. The van der Waals surface area contributed by atoms with Crippen LogP contribution in [-0.2, 0) is 9.59 Å². The number of halogens is 3. The third-order valence-electron chi connectivity index (χ3n) is 3.03. The molecule has 0 aliphatic rings. The van der Waals surface area contributed by atoms with Crippen molar-refractivity contribution in [2.75, 3.05) is 17.2 Å². The van der Waals surface area contributed by atoms with Crippen molar-refractivity contribution in [3.63, 3.8) is 0 Å². The van der Waals surface area contributed by atoms with E-state index in [9.17, 15) is 22.8 Å². The van der Waals surface area contributed by atoms with Crippen molar-refractivity contribution in [3.8, 4) is 5.75 Å². The molecule has 0 spiro atoms. The van der Waals surface area contributed by atoms with E-state index in [1.54, 1.807) is 17.4 Å². The Morgan fingerprint density at radius 2 is 1.44 bits per heavy atom. The normalized spacial score (nSPS) is 10.8. The summed E-state index contributed by atoms with van der Waals surface area (Å²) in [6, 6.07) is 14.3. The Morgan fingerprint density at radius 1 is 0.880 bits per heavy atom. The maximum Gasteiger partial charge on any atom is 0.471 e. The molecule has 0 aliphatic carbocycles. The largest absolute Gasteiger partial charge is 0.493 e. The fraction of sp³-hybridized carbons (Fsp3) is 0.176. The number of para-hydroxylation sites is 1. The molecule has 0 aliphatic heterocycles. The van der Waals surface area contributed by atoms with Crippen LogP contribution in [0.1, 0.15) is 6.42 Å². The van der Waals surface area contributed by atoms with E-state index in [1.165, 1.54) is 24.3 Å². The van der Waals surface area contributed by atoms with Gasteiger partial charge >= 0.3 is 12.1 Å². The SMILES string of the molecule is O=C(CCOc1ccccc1)Nc1ccc(NC(=O)C(F)(F)F)cc1. The lowest BCUT2D eigenvalue weighted by Crippen LogP contribution is -2.29. The van der Waals surface area contributed by atoms with Crippen LogP contribution < -0.4 is 15.4 Å². The molecule has 0 saturated heterocycles. The highest BCUT2D eigenvalue weighted by atomic mass is 19.4. The van der Waals surface area contributed by atoms with Crippen molar-refractivity contribution in [1.29, 1.82) is 0 Å². The molecule has 5 nitrogen and oxygen atoms in total. The van der Waals surface area contributed by atoms with Crippen LogP contribution in [0.3, 0.4) is 0 Å². The minimum atomic E-state index is -4.95. The minimum Gasteiger partial charge on any atom is -0.493 e. The lowest BCUT2D eigenvalue weighted by Gasteiger charge is -2.10. The lowest BCUT2D eigenvalue weighted by atomic mass is 10.2. The van der Waals surface area contributed by atoms with Gasteiger partial charge < -0.3 is 15.4 Å². The second-order valence-corrected chi connectivity index (χ2v) is 4.99. The van der Waals surface area contributed by atoms with Crippen LogP contribution in [0.4, 0.5) is 24.5 Å². The number of carbonyl (C=O) groups excluding carboxylic acids is 2. The number of rotatable bonds is 6. The molecule has 0 aromatic heterocycles. The first-order valence-corrected chi connectivity index (χ1v) is 7.30. The first-order valence-electron chi connectivity index (χ1n) is 7.30. The second kappa shape index (κ2) is 8.18. The highest BCUT2D eigenvalue weighted by molar-refractivity contribution is 5.95. The zero-order valence-corrected chi connectivity index (χ0v) is 13.0. The number of anilines is 2. The van der Waals surface area contributed by atoms with Crippen molar-refractivity contribution in [2.45, 2.75) is 12.6 Å². The lowest BCUT2D eigenvalue weighted by molar-refractivity contribution is -0.167. The van der Waals surface area contributed by atoms with Crippen molar-refractivity contribution in [3.05, 3.63) is 54.6 Å². The van der Waals surface area contributed by atoms with E-state index < -0.39 is 12.1 Å². The molecular weight excluding hydrogens is 337 g/mol. The molecule has 0 radical (unpaired) electrons. The summed E-state index contributed by atoms with van der Waals surface area (Å²) in [4.78, 5) is 22.6. The monoisotopic (exact) mass is 352 g/mol. The molecule has 8 heteroatoms. The minimum absolute atomic E-state index is 0.0206. The van der Waals surface area contributed by atoms with Crippen LogP contribution in [-0.4, -0.2) is 24.6 Å². The van der Waals surface area contributed by atoms with Gasteiger partial charge in [0, 0.05) is 11.4 Å². The number of hydrogen-bond donors (Lipinski definition) is 2. The molecule has 2 rings (SSSR count). The van der Waals surface area contributed by atoms with Gasteiger partial charge in [0.1, 0.15) is 5.75 Å². The van der Waals surface area contributed by atoms with Gasteiger partial charge in [-0.1, -0.05) is 18.2 Å². The Bertz CT molecular complexity index is 716. The zero-order valence-electron chi connectivity index (χ0n) is 13.0. The summed E-state index contributed by atoms with van der Waals surface area (Å²) < 4.78 is 41.8. The third kappa shape index (κ3) is 6.17. The summed E-state index contributed by atoms with van der Waals surface area (Å²) in [5, 5.41) is 4.30.